The zero-order valence-corrected chi connectivity index (χ0v) is 5.19. The maximum Gasteiger partial charge on any atom is 0.286 e. The van der Waals surface area contributed by atoms with E-state index < -0.39 is 5.91 Å². The van der Waals surface area contributed by atoms with Gasteiger partial charge in [-0.05, 0) is 0 Å². The summed E-state index contributed by atoms with van der Waals surface area (Å²) in [5.74, 6) is -0.521. The number of carbonyl (C=O) groups is 1. The number of primary amides is 1. The average Bonchev–Trinajstić information content (AvgIpc) is 2.33. The topological polar surface area (TPSA) is 73.8 Å². The average molecular weight is 138 g/mol. The summed E-state index contributed by atoms with van der Waals surface area (Å²) in [5.41, 5.74) is 4.92. The summed E-state index contributed by atoms with van der Waals surface area (Å²) in [5, 5.41) is 3.64. The van der Waals surface area contributed by atoms with Gasteiger partial charge in [0.25, 0.3) is 5.91 Å². The van der Waals surface area contributed by atoms with E-state index >= 15 is 0 Å². The third-order valence-electron chi connectivity index (χ3n) is 0.966. The van der Waals surface area contributed by atoms with Gasteiger partial charge in [0.2, 0.25) is 5.82 Å². The summed E-state index contributed by atoms with van der Waals surface area (Å²) < 4.78 is 1.21. The Labute approximate surface area is 57.2 Å². The molecule has 0 saturated heterocycles. The SMILES string of the molecule is C=Cn1ncnc1C(N)=O. The van der Waals surface area contributed by atoms with Gasteiger partial charge in [-0.2, -0.15) is 5.10 Å². The molecule has 0 spiro atoms. The molecule has 1 aromatic rings. The molecule has 5 nitrogen and oxygen atoms in total. The number of nitrogens with two attached hydrogens (primary N) is 1. The van der Waals surface area contributed by atoms with Crippen molar-refractivity contribution < 1.29 is 4.79 Å². The Kier molecular flexibility index (Phi) is 1.49. The van der Waals surface area contributed by atoms with Crippen molar-refractivity contribution in [2.45, 2.75) is 0 Å². The molecule has 0 radical (unpaired) electrons. The molecule has 0 aliphatic rings. The maximum atomic E-state index is 10.5. The molecule has 1 amide bonds. The van der Waals surface area contributed by atoms with Crippen molar-refractivity contribution in [3.8, 4) is 0 Å². The third kappa shape index (κ3) is 0.883. The Bertz CT molecular complexity index is 264. The van der Waals surface area contributed by atoms with Gasteiger partial charge in [0.05, 0.1) is 0 Å². The highest BCUT2D eigenvalue weighted by Gasteiger charge is 2.05. The van der Waals surface area contributed by atoms with Crippen LogP contribution in [0.25, 0.3) is 6.20 Å². The first-order valence-corrected chi connectivity index (χ1v) is 2.57. The molecule has 52 valence electrons. The van der Waals surface area contributed by atoms with Crippen molar-refractivity contribution in [3.05, 3.63) is 18.7 Å². The van der Waals surface area contributed by atoms with Gasteiger partial charge < -0.3 is 5.73 Å². The van der Waals surface area contributed by atoms with Crippen LogP contribution >= 0.6 is 0 Å². The Hall–Kier alpha value is -1.65. The van der Waals surface area contributed by atoms with Gasteiger partial charge in [-0.1, -0.05) is 6.58 Å². The van der Waals surface area contributed by atoms with Crippen LogP contribution in [0.5, 0.6) is 0 Å². The molecule has 1 heterocycles. The molecule has 0 fully saturated rings. The maximum absolute atomic E-state index is 10.5. The number of rotatable bonds is 2. The number of nitrogens with zero attached hydrogens (tertiary/aromatic N) is 3. The molecule has 5 heteroatoms. The minimum atomic E-state index is -0.614. The van der Waals surface area contributed by atoms with Gasteiger partial charge in [-0.25, -0.2) is 9.67 Å². The van der Waals surface area contributed by atoms with Crippen LogP contribution in [0.2, 0.25) is 0 Å². The van der Waals surface area contributed by atoms with E-state index in [9.17, 15) is 4.79 Å². The van der Waals surface area contributed by atoms with Crippen LogP contribution in [0, 0.1) is 0 Å². The van der Waals surface area contributed by atoms with Gasteiger partial charge >= 0.3 is 0 Å². The van der Waals surface area contributed by atoms with E-state index in [1.807, 2.05) is 0 Å². The van der Waals surface area contributed by atoms with Crippen LogP contribution in [0.3, 0.4) is 0 Å². The van der Waals surface area contributed by atoms with Gasteiger partial charge in [-0.15, -0.1) is 0 Å². The van der Waals surface area contributed by atoms with Gasteiger partial charge in [0, 0.05) is 6.20 Å². The predicted octanol–water partition coefficient (Wildman–Crippen LogP) is -0.523. The molecule has 0 saturated carbocycles. The predicted molar refractivity (Wildman–Crippen MR) is 34.9 cm³/mol. The van der Waals surface area contributed by atoms with E-state index in [1.165, 1.54) is 17.2 Å². The Morgan fingerprint density at radius 2 is 2.60 bits per heavy atom. The minimum absolute atomic E-state index is 0.0926. The van der Waals surface area contributed by atoms with E-state index in [1.54, 1.807) is 0 Å². The number of hydrogen-bond donors (Lipinski definition) is 1. The molecular weight excluding hydrogens is 132 g/mol. The van der Waals surface area contributed by atoms with Crippen LogP contribution < -0.4 is 5.73 Å². The lowest BCUT2D eigenvalue weighted by atomic mass is 10.6. The molecule has 0 aliphatic heterocycles. The standard InChI is InChI=1S/C5H6N4O/c1-2-9-5(4(6)10)7-3-8-9/h2-3H,1H2,(H2,6,10). The van der Waals surface area contributed by atoms with Crippen LogP contribution in [-0.2, 0) is 0 Å². The molecule has 0 aliphatic carbocycles. The Balaban J connectivity index is 3.13. The summed E-state index contributed by atoms with van der Waals surface area (Å²) in [6.07, 6.45) is 2.59. The highest BCUT2D eigenvalue weighted by molar-refractivity contribution is 5.89. The Morgan fingerprint density at radius 3 is 3.00 bits per heavy atom. The number of aromatic nitrogens is 3. The first-order chi connectivity index (χ1) is 4.75. The highest BCUT2D eigenvalue weighted by Crippen LogP contribution is 1.90. The lowest BCUT2D eigenvalue weighted by molar-refractivity contribution is 0.0988. The van der Waals surface area contributed by atoms with Crippen molar-refractivity contribution in [1.82, 2.24) is 14.8 Å². The van der Waals surface area contributed by atoms with E-state index in [0.717, 1.165) is 0 Å². The van der Waals surface area contributed by atoms with E-state index in [4.69, 9.17) is 5.73 Å². The normalized spacial score (nSPS) is 9.20. The Morgan fingerprint density at radius 1 is 1.90 bits per heavy atom. The fourth-order valence-corrected chi connectivity index (χ4v) is 0.560. The zero-order valence-electron chi connectivity index (χ0n) is 5.19. The smallest absolute Gasteiger partial charge is 0.286 e. The van der Waals surface area contributed by atoms with Gasteiger partial charge in [0.15, 0.2) is 0 Å². The summed E-state index contributed by atoms with van der Waals surface area (Å²) in [6.45, 7) is 3.40. The molecule has 0 bridgehead atoms. The van der Waals surface area contributed by atoms with Gasteiger partial charge in [-0.3, -0.25) is 4.79 Å². The largest absolute Gasteiger partial charge is 0.363 e. The van der Waals surface area contributed by atoms with Crippen molar-refractivity contribution in [1.29, 1.82) is 0 Å². The summed E-state index contributed by atoms with van der Waals surface area (Å²) in [4.78, 5) is 14.1. The van der Waals surface area contributed by atoms with Crippen LogP contribution in [0.15, 0.2) is 12.9 Å². The second-order valence-corrected chi connectivity index (χ2v) is 1.58. The number of carbonyl (C=O) groups excluding carboxylic acids is 1. The van der Waals surface area contributed by atoms with Gasteiger partial charge in [0.1, 0.15) is 6.33 Å². The lowest BCUT2D eigenvalue weighted by Crippen LogP contribution is -2.16. The van der Waals surface area contributed by atoms with Crippen LogP contribution in [0.4, 0.5) is 0 Å². The number of hydrogen-bond acceptors (Lipinski definition) is 3. The molecular formula is C5H6N4O. The van der Waals surface area contributed by atoms with Crippen molar-refractivity contribution >= 4 is 12.1 Å². The van der Waals surface area contributed by atoms with E-state index in [2.05, 4.69) is 16.7 Å². The molecule has 10 heavy (non-hydrogen) atoms. The first-order valence-electron chi connectivity index (χ1n) is 2.57. The fourth-order valence-electron chi connectivity index (χ4n) is 0.560. The highest BCUT2D eigenvalue weighted by atomic mass is 16.1. The van der Waals surface area contributed by atoms with Crippen molar-refractivity contribution in [3.63, 3.8) is 0 Å². The first kappa shape index (κ1) is 6.47. The van der Waals surface area contributed by atoms with Crippen molar-refractivity contribution in [2.75, 3.05) is 0 Å². The number of amides is 1. The quantitative estimate of drug-likeness (QED) is 0.597. The van der Waals surface area contributed by atoms with E-state index in [0.29, 0.717) is 0 Å². The monoisotopic (exact) mass is 138 g/mol. The fraction of sp³-hybridized carbons (Fsp3) is 0. The molecule has 2 N–H and O–H groups in total. The summed E-state index contributed by atoms with van der Waals surface area (Å²) in [6, 6.07) is 0. The van der Waals surface area contributed by atoms with Crippen LogP contribution in [0.1, 0.15) is 10.6 Å². The van der Waals surface area contributed by atoms with E-state index in [-0.39, 0.29) is 5.82 Å². The molecule has 0 atom stereocenters. The minimum Gasteiger partial charge on any atom is -0.363 e. The summed E-state index contributed by atoms with van der Waals surface area (Å²) in [7, 11) is 0. The zero-order chi connectivity index (χ0) is 7.56. The summed E-state index contributed by atoms with van der Waals surface area (Å²) >= 11 is 0. The molecule has 0 unspecified atom stereocenters. The molecule has 1 rings (SSSR count). The lowest BCUT2D eigenvalue weighted by Gasteiger charge is -1.91. The second kappa shape index (κ2) is 2.30. The molecule has 0 aromatic carbocycles. The van der Waals surface area contributed by atoms with Crippen LogP contribution in [-0.4, -0.2) is 20.7 Å². The molecule has 1 aromatic heterocycles. The van der Waals surface area contributed by atoms with Crippen molar-refractivity contribution in [2.24, 2.45) is 5.73 Å². The second-order valence-electron chi connectivity index (χ2n) is 1.58. The third-order valence-corrected chi connectivity index (χ3v) is 0.966.